The number of nitrogens with zero attached hydrogens (tertiary/aromatic N) is 1. The van der Waals surface area contributed by atoms with Crippen molar-refractivity contribution >= 4 is 0 Å². The average Bonchev–Trinajstić information content (AvgIpc) is 2.28. The van der Waals surface area contributed by atoms with E-state index >= 15 is 0 Å². The smallest absolute Gasteiger partial charge is 0.0499 e. The first-order valence-electron chi connectivity index (χ1n) is 7.06. The summed E-state index contributed by atoms with van der Waals surface area (Å²) in [5.41, 5.74) is 3.01. The van der Waals surface area contributed by atoms with E-state index in [-0.39, 0.29) is 11.0 Å². The van der Waals surface area contributed by atoms with Gasteiger partial charge in [0.05, 0.1) is 0 Å². The Morgan fingerprint density at radius 3 is 1.74 bits per heavy atom. The number of hydrogen-bond donors (Lipinski definition) is 1. The van der Waals surface area contributed by atoms with Gasteiger partial charge in [0.15, 0.2) is 0 Å². The van der Waals surface area contributed by atoms with Crippen LogP contribution >= 0.6 is 0 Å². The SMILES string of the molecule is CNC(c1ccc(C(C)(C)C)cc1)C(C)(C)N(C)C. The molecule has 0 spiro atoms. The second kappa shape index (κ2) is 5.64. The molecule has 1 aromatic rings. The van der Waals surface area contributed by atoms with Gasteiger partial charge in [-0.1, -0.05) is 45.0 Å². The molecule has 2 heteroatoms. The summed E-state index contributed by atoms with van der Waals surface area (Å²) in [6.45, 7) is 11.3. The zero-order valence-electron chi connectivity index (χ0n) is 13.8. The predicted molar refractivity (Wildman–Crippen MR) is 84.7 cm³/mol. The molecule has 1 aromatic carbocycles. The molecule has 0 aromatic heterocycles. The third-order valence-corrected chi connectivity index (χ3v) is 4.26. The van der Waals surface area contributed by atoms with Gasteiger partial charge in [0.2, 0.25) is 0 Å². The molecular weight excluding hydrogens is 232 g/mol. The second-order valence-electron chi connectivity index (χ2n) is 7.14. The molecule has 0 aliphatic carbocycles. The molecule has 0 radical (unpaired) electrons. The zero-order valence-corrected chi connectivity index (χ0v) is 13.8. The van der Waals surface area contributed by atoms with Gasteiger partial charge in [0.25, 0.3) is 0 Å². The van der Waals surface area contributed by atoms with Gasteiger partial charge in [-0.05, 0) is 51.5 Å². The predicted octanol–water partition coefficient (Wildman–Crippen LogP) is 3.58. The first-order chi connectivity index (χ1) is 8.60. The number of benzene rings is 1. The Labute approximate surface area is 119 Å². The van der Waals surface area contributed by atoms with Crippen LogP contribution in [0.25, 0.3) is 0 Å². The molecule has 0 amide bonds. The van der Waals surface area contributed by atoms with Crippen LogP contribution in [0.3, 0.4) is 0 Å². The van der Waals surface area contributed by atoms with Crippen molar-refractivity contribution < 1.29 is 0 Å². The lowest BCUT2D eigenvalue weighted by Gasteiger charge is -2.40. The third-order valence-electron chi connectivity index (χ3n) is 4.26. The molecule has 0 aliphatic rings. The van der Waals surface area contributed by atoms with Gasteiger partial charge in [-0.3, -0.25) is 0 Å². The van der Waals surface area contributed by atoms with Crippen molar-refractivity contribution in [1.82, 2.24) is 10.2 Å². The number of rotatable bonds is 4. The first kappa shape index (κ1) is 16.2. The summed E-state index contributed by atoms with van der Waals surface area (Å²) in [7, 11) is 6.30. The summed E-state index contributed by atoms with van der Waals surface area (Å²) < 4.78 is 0. The summed E-state index contributed by atoms with van der Waals surface area (Å²) in [6, 6.07) is 9.34. The van der Waals surface area contributed by atoms with E-state index in [2.05, 4.69) is 83.2 Å². The molecule has 0 heterocycles. The normalized spacial score (nSPS) is 14.8. The van der Waals surface area contributed by atoms with Crippen molar-refractivity contribution in [3.05, 3.63) is 35.4 Å². The van der Waals surface area contributed by atoms with Crippen molar-refractivity contribution in [2.45, 2.75) is 51.6 Å². The van der Waals surface area contributed by atoms with Gasteiger partial charge < -0.3 is 10.2 Å². The Kier molecular flexibility index (Phi) is 4.81. The van der Waals surface area contributed by atoms with Crippen LogP contribution < -0.4 is 5.32 Å². The van der Waals surface area contributed by atoms with Crippen LogP contribution in [-0.2, 0) is 5.41 Å². The van der Waals surface area contributed by atoms with Crippen molar-refractivity contribution in [3.63, 3.8) is 0 Å². The maximum atomic E-state index is 3.46. The molecule has 0 fully saturated rings. The molecular formula is C17H30N2. The maximum Gasteiger partial charge on any atom is 0.0499 e. The molecule has 1 N–H and O–H groups in total. The van der Waals surface area contributed by atoms with E-state index in [9.17, 15) is 0 Å². The van der Waals surface area contributed by atoms with Crippen molar-refractivity contribution in [2.24, 2.45) is 0 Å². The van der Waals surface area contributed by atoms with Crippen LogP contribution in [0, 0.1) is 0 Å². The Morgan fingerprint density at radius 2 is 1.42 bits per heavy atom. The molecule has 0 saturated carbocycles. The summed E-state index contributed by atoms with van der Waals surface area (Å²) in [4.78, 5) is 2.27. The maximum absolute atomic E-state index is 3.46. The molecule has 0 bridgehead atoms. The van der Waals surface area contributed by atoms with Gasteiger partial charge in [-0.25, -0.2) is 0 Å². The highest BCUT2D eigenvalue weighted by molar-refractivity contribution is 5.30. The van der Waals surface area contributed by atoms with E-state index in [0.29, 0.717) is 6.04 Å². The minimum absolute atomic E-state index is 0.0675. The number of hydrogen-bond acceptors (Lipinski definition) is 2. The van der Waals surface area contributed by atoms with Crippen molar-refractivity contribution in [2.75, 3.05) is 21.1 Å². The largest absolute Gasteiger partial charge is 0.311 e. The van der Waals surface area contributed by atoms with Crippen LogP contribution in [0.15, 0.2) is 24.3 Å². The topological polar surface area (TPSA) is 15.3 Å². The quantitative estimate of drug-likeness (QED) is 0.892. The summed E-state index contributed by atoms with van der Waals surface area (Å²) in [5, 5.41) is 3.46. The van der Waals surface area contributed by atoms with Crippen LogP contribution in [0.2, 0.25) is 0 Å². The van der Waals surface area contributed by atoms with Crippen molar-refractivity contribution in [3.8, 4) is 0 Å². The molecule has 1 rings (SSSR count). The Morgan fingerprint density at radius 1 is 0.947 bits per heavy atom. The Balaban J connectivity index is 3.08. The van der Waals surface area contributed by atoms with E-state index in [1.807, 2.05) is 7.05 Å². The lowest BCUT2D eigenvalue weighted by molar-refractivity contribution is 0.142. The summed E-state index contributed by atoms with van der Waals surface area (Å²) in [6.07, 6.45) is 0. The molecule has 2 nitrogen and oxygen atoms in total. The lowest BCUT2D eigenvalue weighted by atomic mass is 9.83. The van der Waals surface area contributed by atoms with E-state index in [1.54, 1.807) is 0 Å². The monoisotopic (exact) mass is 262 g/mol. The fourth-order valence-corrected chi connectivity index (χ4v) is 2.36. The number of nitrogens with one attached hydrogen (secondary N) is 1. The van der Waals surface area contributed by atoms with Crippen LogP contribution in [-0.4, -0.2) is 31.6 Å². The van der Waals surface area contributed by atoms with Crippen molar-refractivity contribution in [1.29, 1.82) is 0 Å². The minimum atomic E-state index is 0.0675. The van der Waals surface area contributed by atoms with E-state index < -0.39 is 0 Å². The van der Waals surface area contributed by atoms with Gasteiger partial charge in [-0.15, -0.1) is 0 Å². The average molecular weight is 262 g/mol. The highest BCUT2D eigenvalue weighted by Gasteiger charge is 2.31. The molecule has 1 atom stereocenters. The van der Waals surface area contributed by atoms with Crippen LogP contribution in [0.5, 0.6) is 0 Å². The second-order valence-corrected chi connectivity index (χ2v) is 7.14. The van der Waals surface area contributed by atoms with E-state index in [4.69, 9.17) is 0 Å². The molecule has 0 aliphatic heterocycles. The highest BCUT2D eigenvalue weighted by atomic mass is 15.2. The Bertz CT molecular complexity index is 396. The minimum Gasteiger partial charge on any atom is -0.311 e. The molecule has 108 valence electrons. The fraction of sp³-hybridized carbons (Fsp3) is 0.647. The van der Waals surface area contributed by atoms with Gasteiger partial charge in [0, 0.05) is 11.6 Å². The van der Waals surface area contributed by atoms with E-state index in [1.165, 1.54) is 11.1 Å². The van der Waals surface area contributed by atoms with Crippen LogP contribution in [0.1, 0.15) is 51.8 Å². The standard InChI is InChI=1S/C17H30N2/c1-16(2,3)14-11-9-13(10-12-14)15(18-6)17(4,5)19(7)8/h9-12,15,18H,1-8H3. The molecule has 19 heavy (non-hydrogen) atoms. The summed E-state index contributed by atoms with van der Waals surface area (Å²) >= 11 is 0. The van der Waals surface area contributed by atoms with Gasteiger partial charge in [0.1, 0.15) is 0 Å². The molecule has 0 saturated heterocycles. The van der Waals surface area contributed by atoms with E-state index in [0.717, 1.165) is 0 Å². The molecule has 1 unspecified atom stereocenters. The number of likely N-dealkylation sites (N-methyl/N-ethyl adjacent to an activating group) is 2. The third kappa shape index (κ3) is 3.58. The lowest BCUT2D eigenvalue weighted by Crippen LogP contribution is -2.48. The highest BCUT2D eigenvalue weighted by Crippen LogP contribution is 2.31. The van der Waals surface area contributed by atoms with Gasteiger partial charge >= 0.3 is 0 Å². The summed E-state index contributed by atoms with van der Waals surface area (Å²) in [5.74, 6) is 0. The fourth-order valence-electron chi connectivity index (χ4n) is 2.36. The first-order valence-corrected chi connectivity index (χ1v) is 7.06. The van der Waals surface area contributed by atoms with Gasteiger partial charge in [-0.2, -0.15) is 0 Å². The van der Waals surface area contributed by atoms with Crippen LogP contribution in [0.4, 0.5) is 0 Å². The Hall–Kier alpha value is -0.860. The zero-order chi connectivity index (χ0) is 14.8.